The Kier molecular flexibility index (Phi) is 4.50. The van der Waals surface area contributed by atoms with Gasteiger partial charge in [-0.05, 0) is 38.1 Å². The minimum atomic E-state index is -3.93. The van der Waals surface area contributed by atoms with Crippen LogP contribution in [-0.4, -0.2) is 25.8 Å². The van der Waals surface area contributed by atoms with E-state index in [1.54, 1.807) is 31.2 Å². The Morgan fingerprint density at radius 2 is 1.76 bits per heavy atom. The van der Waals surface area contributed by atoms with Crippen molar-refractivity contribution < 1.29 is 17.4 Å². The summed E-state index contributed by atoms with van der Waals surface area (Å²) in [5.41, 5.74) is 2.04. The number of rotatable bonds is 5. The lowest BCUT2D eigenvalue weighted by atomic mass is 10.2. The van der Waals surface area contributed by atoms with Crippen LogP contribution < -0.4 is 0 Å². The molecule has 2 aromatic rings. The molecule has 0 aliphatic carbocycles. The van der Waals surface area contributed by atoms with Crippen LogP contribution in [0.5, 0.6) is 0 Å². The van der Waals surface area contributed by atoms with Gasteiger partial charge in [-0.25, -0.2) is 0 Å². The van der Waals surface area contributed by atoms with Gasteiger partial charge >= 0.3 is 0 Å². The summed E-state index contributed by atoms with van der Waals surface area (Å²) in [6, 6.07) is 9.50. The molecule has 1 aromatic carbocycles. The zero-order valence-corrected chi connectivity index (χ0v) is 12.6. The van der Waals surface area contributed by atoms with Gasteiger partial charge in [-0.3, -0.25) is 14.0 Å². The molecule has 0 aliphatic rings. The van der Waals surface area contributed by atoms with Crippen LogP contribution in [0.4, 0.5) is 0 Å². The molecule has 0 N–H and O–H groups in total. The first-order valence-corrected chi connectivity index (χ1v) is 7.71. The van der Waals surface area contributed by atoms with Gasteiger partial charge in [0.2, 0.25) is 0 Å². The molecule has 0 saturated heterocycles. The smallest absolute Gasteiger partial charge is 0.291 e. The number of ketones is 1. The van der Waals surface area contributed by atoms with Crippen molar-refractivity contribution in [3.05, 3.63) is 59.4 Å². The van der Waals surface area contributed by atoms with Gasteiger partial charge in [0.05, 0.1) is 4.90 Å². The van der Waals surface area contributed by atoms with Gasteiger partial charge in [0.15, 0.2) is 5.78 Å². The number of aryl methyl sites for hydroxylation is 2. The van der Waals surface area contributed by atoms with Crippen LogP contribution >= 0.6 is 0 Å². The fourth-order valence-electron chi connectivity index (χ4n) is 1.62. The van der Waals surface area contributed by atoms with E-state index in [4.69, 9.17) is 4.18 Å². The van der Waals surface area contributed by atoms with E-state index in [0.717, 1.165) is 11.3 Å². The van der Waals surface area contributed by atoms with Gasteiger partial charge in [0.1, 0.15) is 6.61 Å². The van der Waals surface area contributed by atoms with Crippen LogP contribution in [0.25, 0.3) is 0 Å². The summed E-state index contributed by atoms with van der Waals surface area (Å²) in [6.45, 7) is 3.11. The van der Waals surface area contributed by atoms with E-state index in [0.29, 0.717) is 5.56 Å². The molecule has 0 unspecified atom stereocenters. The van der Waals surface area contributed by atoms with Crippen LogP contribution in [0.1, 0.15) is 21.6 Å². The highest BCUT2D eigenvalue weighted by atomic mass is 32.2. The summed E-state index contributed by atoms with van der Waals surface area (Å²) >= 11 is 0. The van der Waals surface area contributed by atoms with E-state index >= 15 is 0 Å². The van der Waals surface area contributed by atoms with E-state index in [9.17, 15) is 13.2 Å². The molecule has 0 radical (unpaired) electrons. The largest absolute Gasteiger partial charge is 0.297 e. The van der Waals surface area contributed by atoms with Gasteiger partial charge in [0, 0.05) is 17.5 Å². The fraction of sp³-hybridized carbons (Fsp3) is 0.200. The Balaban J connectivity index is 2.06. The number of pyridine rings is 1. The number of Topliss-reactive ketones (excluding diaryl/α,β-unsaturated/α-hetero) is 1. The maximum absolute atomic E-state index is 11.9. The summed E-state index contributed by atoms with van der Waals surface area (Å²) in [5.74, 6) is -0.432. The molecule has 0 saturated carbocycles. The van der Waals surface area contributed by atoms with Gasteiger partial charge in [-0.1, -0.05) is 17.7 Å². The molecule has 5 nitrogen and oxygen atoms in total. The van der Waals surface area contributed by atoms with Crippen LogP contribution in [0.3, 0.4) is 0 Å². The molecule has 21 heavy (non-hydrogen) atoms. The van der Waals surface area contributed by atoms with Crippen molar-refractivity contribution in [3.8, 4) is 0 Å². The van der Waals surface area contributed by atoms with Gasteiger partial charge in [-0.15, -0.1) is 0 Å². The first-order chi connectivity index (χ1) is 9.88. The second-order valence-electron chi connectivity index (χ2n) is 4.64. The standard InChI is InChI=1S/C15H15NO4S/c1-11-3-7-14(8-4-11)21(18,19)20-10-15(17)13-6-5-12(2)16-9-13/h3-9H,10H2,1-2H3. The number of hydrogen-bond acceptors (Lipinski definition) is 5. The van der Waals surface area contributed by atoms with Crippen molar-refractivity contribution >= 4 is 15.9 Å². The van der Waals surface area contributed by atoms with Gasteiger partial charge in [0.25, 0.3) is 10.1 Å². The minimum absolute atomic E-state index is 0.0305. The molecule has 0 spiro atoms. The van der Waals surface area contributed by atoms with Crippen LogP contribution in [0.15, 0.2) is 47.5 Å². The topological polar surface area (TPSA) is 73.3 Å². The third-order valence-corrected chi connectivity index (χ3v) is 4.17. The molecule has 0 aliphatic heterocycles. The number of aromatic nitrogens is 1. The molecule has 1 aromatic heterocycles. The SMILES string of the molecule is Cc1ccc(S(=O)(=O)OCC(=O)c2ccc(C)nc2)cc1. The highest BCUT2D eigenvalue weighted by molar-refractivity contribution is 7.86. The Bertz CT molecular complexity index is 734. The maximum Gasteiger partial charge on any atom is 0.297 e. The normalized spacial score (nSPS) is 11.3. The zero-order chi connectivity index (χ0) is 15.5. The molecule has 6 heteroatoms. The molecule has 1 heterocycles. The summed E-state index contributed by atoms with van der Waals surface area (Å²) in [6.07, 6.45) is 1.40. The number of hydrogen-bond donors (Lipinski definition) is 0. The number of benzene rings is 1. The summed E-state index contributed by atoms with van der Waals surface area (Å²) in [5, 5.41) is 0. The van der Waals surface area contributed by atoms with Crippen LogP contribution in [0.2, 0.25) is 0 Å². The number of carbonyl (C=O) groups is 1. The van der Waals surface area contributed by atoms with Crippen molar-refractivity contribution in [1.29, 1.82) is 0 Å². The van der Waals surface area contributed by atoms with E-state index in [1.165, 1.54) is 18.3 Å². The first-order valence-electron chi connectivity index (χ1n) is 6.30. The van der Waals surface area contributed by atoms with Crippen molar-refractivity contribution in [2.75, 3.05) is 6.61 Å². The molecule has 2 rings (SSSR count). The van der Waals surface area contributed by atoms with E-state index in [2.05, 4.69) is 4.98 Å². The lowest BCUT2D eigenvalue weighted by Gasteiger charge is -2.05. The highest BCUT2D eigenvalue weighted by Gasteiger charge is 2.17. The third kappa shape index (κ3) is 3.96. The lowest BCUT2D eigenvalue weighted by Crippen LogP contribution is -2.15. The Morgan fingerprint density at radius 1 is 1.10 bits per heavy atom. The number of carbonyl (C=O) groups excluding carboxylic acids is 1. The maximum atomic E-state index is 11.9. The summed E-state index contributed by atoms with van der Waals surface area (Å²) in [7, 11) is -3.93. The zero-order valence-electron chi connectivity index (χ0n) is 11.7. The Hall–Kier alpha value is -2.05. The number of nitrogens with zero attached hydrogens (tertiary/aromatic N) is 1. The van der Waals surface area contributed by atoms with E-state index < -0.39 is 22.5 Å². The van der Waals surface area contributed by atoms with Crippen LogP contribution in [0, 0.1) is 13.8 Å². The average Bonchev–Trinajstić information content (AvgIpc) is 2.46. The summed E-state index contributed by atoms with van der Waals surface area (Å²) in [4.78, 5) is 15.9. The van der Waals surface area contributed by atoms with Gasteiger partial charge < -0.3 is 0 Å². The third-order valence-electron chi connectivity index (χ3n) is 2.89. The van der Waals surface area contributed by atoms with Crippen molar-refractivity contribution in [2.24, 2.45) is 0 Å². The van der Waals surface area contributed by atoms with Crippen LogP contribution in [-0.2, 0) is 14.3 Å². The van der Waals surface area contributed by atoms with Crippen molar-refractivity contribution in [2.45, 2.75) is 18.7 Å². The van der Waals surface area contributed by atoms with Crippen molar-refractivity contribution in [3.63, 3.8) is 0 Å². The molecular formula is C15H15NO4S. The average molecular weight is 305 g/mol. The predicted molar refractivity (Wildman–Crippen MR) is 77.6 cm³/mol. The molecule has 110 valence electrons. The molecule has 0 amide bonds. The second kappa shape index (κ2) is 6.15. The Labute approximate surface area is 123 Å². The molecular weight excluding hydrogens is 290 g/mol. The molecule has 0 atom stereocenters. The second-order valence-corrected chi connectivity index (χ2v) is 6.26. The van der Waals surface area contributed by atoms with Gasteiger partial charge in [-0.2, -0.15) is 8.42 Å². The lowest BCUT2D eigenvalue weighted by molar-refractivity contribution is 0.0924. The predicted octanol–water partition coefficient (Wildman–Crippen LogP) is 2.29. The Morgan fingerprint density at radius 3 is 2.33 bits per heavy atom. The van der Waals surface area contributed by atoms with E-state index in [1.807, 2.05) is 6.92 Å². The fourth-order valence-corrected chi connectivity index (χ4v) is 2.49. The monoisotopic (exact) mass is 305 g/mol. The minimum Gasteiger partial charge on any atom is -0.291 e. The van der Waals surface area contributed by atoms with Crippen molar-refractivity contribution in [1.82, 2.24) is 4.98 Å². The first kappa shape index (κ1) is 15.3. The van der Waals surface area contributed by atoms with E-state index in [-0.39, 0.29) is 4.90 Å². The quantitative estimate of drug-likeness (QED) is 0.626. The molecule has 0 bridgehead atoms. The molecule has 0 fully saturated rings. The summed E-state index contributed by atoms with van der Waals surface area (Å²) < 4.78 is 28.7. The highest BCUT2D eigenvalue weighted by Crippen LogP contribution is 2.13.